The zero-order chi connectivity index (χ0) is 39.6. The molecule has 14 rings (SSSR count). The average molecular weight is 770 g/mol. The third-order valence-electron chi connectivity index (χ3n) is 13.4. The lowest BCUT2D eigenvalue weighted by atomic mass is 9.35. The van der Waals surface area contributed by atoms with Crippen LogP contribution in [0.1, 0.15) is 26.3 Å². The van der Waals surface area contributed by atoms with Gasteiger partial charge in [-0.2, -0.15) is 0 Å². The monoisotopic (exact) mass is 769 g/mol. The molecular formula is C54H36BN3O2. The lowest BCUT2D eigenvalue weighted by Crippen LogP contribution is -2.61. The maximum absolute atomic E-state index is 7.30. The van der Waals surface area contributed by atoms with Crippen LogP contribution < -0.4 is 26.4 Å². The first kappa shape index (κ1) is 32.5. The second-order valence-electron chi connectivity index (χ2n) is 17.7. The fourth-order valence-electron chi connectivity index (χ4n) is 10.7. The van der Waals surface area contributed by atoms with Crippen molar-refractivity contribution in [3.8, 4) is 16.8 Å². The summed E-state index contributed by atoms with van der Waals surface area (Å²) in [6.45, 7) is 6.84. The number of benzene rings is 8. The number of anilines is 6. The van der Waals surface area contributed by atoms with E-state index in [4.69, 9.17) is 8.83 Å². The van der Waals surface area contributed by atoms with Crippen molar-refractivity contribution in [1.29, 1.82) is 0 Å². The summed E-state index contributed by atoms with van der Waals surface area (Å²) in [7, 11) is 0. The molecule has 0 saturated carbocycles. The highest BCUT2D eigenvalue weighted by Crippen LogP contribution is 2.54. The van der Waals surface area contributed by atoms with Crippen LogP contribution in [0.4, 0.5) is 34.1 Å². The van der Waals surface area contributed by atoms with E-state index in [2.05, 4.69) is 193 Å². The van der Waals surface area contributed by atoms with Gasteiger partial charge in [0.1, 0.15) is 16.7 Å². The molecule has 0 N–H and O–H groups in total. The average Bonchev–Trinajstić information content (AvgIpc) is 3.96. The molecule has 3 aliphatic rings. The van der Waals surface area contributed by atoms with Crippen molar-refractivity contribution in [2.45, 2.75) is 26.2 Å². The first-order valence-corrected chi connectivity index (χ1v) is 20.9. The molecule has 60 heavy (non-hydrogen) atoms. The molecule has 5 nitrogen and oxygen atoms in total. The Kier molecular flexibility index (Phi) is 6.06. The van der Waals surface area contributed by atoms with E-state index in [0.717, 1.165) is 55.5 Å². The Bertz CT molecular complexity index is 3680. The second-order valence-corrected chi connectivity index (χ2v) is 17.7. The topological polar surface area (TPSA) is 37.7 Å². The van der Waals surface area contributed by atoms with Crippen molar-refractivity contribution in [2.75, 3.05) is 9.80 Å². The molecule has 6 heterocycles. The fraction of sp³-hybridized carbons (Fsp3) is 0.0741. The van der Waals surface area contributed by atoms with Gasteiger partial charge < -0.3 is 23.2 Å². The lowest BCUT2D eigenvalue weighted by molar-refractivity contribution is 0.590. The molecule has 0 aliphatic carbocycles. The molecule has 0 radical (unpaired) electrons. The van der Waals surface area contributed by atoms with Crippen LogP contribution in [0.25, 0.3) is 71.5 Å². The quantitative estimate of drug-likeness (QED) is 0.164. The number of nitrogens with zero attached hydrogens (tertiary/aromatic N) is 3. The molecule has 0 saturated heterocycles. The normalized spacial score (nSPS) is 13.8. The maximum atomic E-state index is 7.30. The number of fused-ring (bicyclic) bond motifs is 14. The molecule has 282 valence electrons. The summed E-state index contributed by atoms with van der Waals surface area (Å²) in [5.41, 5.74) is 20.1. The van der Waals surface area contributed by atoms with Crippen LogP contribution in [0.2, 0.25) is 0 Å². The summed E-state index contributed by atoms with van der Waals surface area (Å²) in [5, 5.41) is 5.82. The van der Waals surface area contributed by atoms with Crippen LogP contribution >= 0.6 is 0 Å². The van der Waals surface area contributed by atoms with E-state index in [1.807, 2.05) is 6.07 Å². The Hall–Kier alpha value is -7.44. The van der Waals surface area contributed by atoms with Gasteiger partial charge in [0, 0.05) is 44.0 Å². The Balaban J connectivity index is 1.14. The van der Waals surface area contributed by atoms with E-state index >= 15 is 0 Å². The molecule has 11 aromatic rings. The van der Waals surface area contributed by atoms with Crippen LogP contribution in [0.15, 0.2) is 173 Å². The molecule has 0 atom stereocenters. The van der Waals surface area contributed by atoms with Gasteiger partial charge in [0.05, 0.1) is 39.4 Å². The molecule has 0 spiro atoms. The van der Waals surface area contributed by atoms with Crippen molar-refractivity contribution in [1.82, 2.24) is 4.57 Å². The summed E-state index contributed by atoms with van der Waals surface area (Å²) < 4.78 is 16.2. The number of hydrogen-bond acceptors (Lipinski definition) is 4. The van der Waals surface area contributed by atoms with E-state index in [0.29, 0.717) is 0 Å². The Morgan fingerprint density at radius 2 is 1.17 bits per heavy atom. The van der Waals surface area contributed by atoms with E-state index in [1.54, 1.807) is 0 Å². The Morgan fingerprint density at radius 3 is 2.03 bits per heavy atom. The zero-order valence-electron chi connectivity index (χ0n) is 33.3. The van der Waals surface area contributed by atoms with Gasteiger partial charge in [0.2, 0.25) is 0 Å². The van der Waals surface area contributed by atoms with Gasteiger partial charge in [-0.1, -0.05) is 118 Å². The van der Waals surface area contributed by atoms with Crippen LogP contribution in [0.3, 0.4) is 0 Å². The zero-order valence-corrected chi connectivity index (χ0v) is 33.3. The van der Waals surface area contributed by atoms with Crippen molar-refractivity contribution in [2.24, 2.45) is 0 Å². The smallest absolute Gasteiger partial charge is 0.297 e. The molecule has 8 aromatic carbocycles. The van der Waals surface area contributed by atoms with E-state index < -0.39 is 0 Å². The lowest BCUT2D eigenvalue weighted by Gasteiger charge is -2.45. The highest BCUT2D eigenvalue weighted by Gasteiger charge is 2.49. The molecule has 0 unspecified atom stereocenters. The standard InChI is InChI=1S/C54H36BN3O2/c1-54(2,3)33-28-44-49-45(29-33)58-42-20-11-17-37-35-15-7-9-19-41(35)57(50(37)42)43-21-12-18-40(52(43)58)55(49)53-51(39-27-32(23-25-48(39)60-53)31-13-5-4-6-14-31)56(44)34-24-26-47-38(30-34)36-16-8-10-22-46(36)59-47/h4-30H,1-3H3. The fourth-order valence-corrected chi connectivity index (χ4v) is 10.7. The summed E-state index contributed by atoms with van der Waals surface area (Å²) in [4.78, 5) is 5.07. The molecule has 6 heteroatoms. The van der Waals surface area contributed by atoms with Crippen molar-refractivity contribution in [3.05, 3.63) is 169 Å². The van der Waals surface area contributed by atoms with Crippen LogP contribution in [-0.2, 0) is 5.41 Å². The van der Waals surface area contributed by atoms with Crippen molar-refractivity contribution in [3.63, 3.8) is 0 Å². The van der Waals surface area contributed by atoms with Gasteiger partial charge in [0.25, 0.3) is 6.71 Å². The summed E-state index contributed by atoms with van der Waals surface area (Å²) in [6.07, 6.45) is 0. The number of furan rings is 2. The van der Waals surface area contributed by atoms with E-state index in [-0.39, 0.29) is 12.1 Å². The van der Waals surface area contributed by atoms with E-state index in [1.165, 1.54) is 72.3 Å². The van der Waals surface area contributed by atoms with Gasteiger partial charge in [-0.3, -0.25) is 0 Å². The molecule has 0 amide bonds. The maximum Gasteiger partial charge on any atom is 0.297 e. The summed E-state index contributed by atoms with van der Waals surface area (Å²) in [5.74, 6) is 0. The molecule has 0 bridgehead atoms. The van der Waals surface area contributed by atoms with Gasteiger partial charge in [-0.15, -0.1) is 0 Å². The highest BCUT2D eigenvalue weighted by molar-refractivity contribution is 7.00. The molecular weight excluding hydrogens is 733 g/mol. The minimum absolute atomic E-state index is 0.146. The largest absolute Gasteiger partial charge is 0.468 e. The minimum Gasteiger partial charge on any atom is -0.468 e. The van der Waals surface area contributed by atoms with Crippen molar-refractivity contribution >= 4 is 112 Å². The first-order valence-electron chi connectivity index (χ1n) is 20.9. The van der Waals surface area contributed by atoms with Crippen LogP contribution in [0, 0.1) is 0 Å². The van der Waals surface area contributed by atoms with E-state index in [9.17, 15) is 0 Å². The minimum atomic E-state index is -0.157. The van der Waals surface area contributed by atoms with Gasteiger partial charge in [-0.05, 0) is 99.8 Å². The second kappa shape index (κ2) is 11.2. The number of para-hydroxylation sites is 4. The van der Waals surface area contributed by atoms with Crippen LogP contribution in [-0.4, -0.2) is 11.3 Å². The van der Waals surface area contributed by atoms with Crippen LogP contribution in [0.5, 0.6) is 0 Å². The Morgan fingerprint density at radius 1 is 0.467 bits per heavy atom. The van der Waals surface area contributed by atoms with Gasteiger partial charge in [0.15, 0.2) is 0 Å². The SMILES string of the molecule is CC(C)(C)c1cc2c3c(c1)N1c4c(cccc4-n4c5ccccc5c5cccc1c54)B3c1oc3ccc(-c4ccccc4)cc3c1N2c1ccc2oc3ccccc3c2c1. The predicted molar refractivity (Wildman–Crippen MR) is 250 cm³/mol. The predicted octanol–water partition coefficient (Wildman–Crippen LogP) is 12.8. The third-order valence-corrected chi connectivity index (χ3v) is 13.4. The van der Waals surface area contributed by atoms with Gasteiger partial charge in [-0.25, -0.2) is 0 Å². The summed E-state index contributed by atoms with van der Waals surface area (Å²) >= 11 is 0. The number of rotatable bonds is 2. The third kappa shape index (κ3) is 4.08. The molecule has 0 fully saturated rings. The highest BCUT2D eigenvalue weighted by atomic mass is 16.3. The Labute approximate surface area is 346 Å². The number of aromatic nitrogens is 1. The van der Waals surface area contributed by atoms with Crippen molar-refractivity contribution < 1.29 is 8.83 Å². The summed E-state index contributed by atoms with van der Waals surface area (Å²) in [6, 6.07) is 59.9. The molecule has 3 aromatic heterocycles. The first-order chi connectivity index (χ1) is 29.4. The van der Waals surface area contributed by atoms with Gasteiger partial charge >= 0.3 is 0 Å². The number of hydrogen-bond donors (Lipinski definition) is 0. The molecule has 3 aliphatic heterocycles.